The fourth-order valence-corrected chi connectivity index (χ4v) is 2.76. The molecule has 0 N–H and O–H groups in total. The number of para-hydroxylation sites is 1. The van der Waals surface area contributed by atoms with E-state index in [4.69, 9.17) is 0 Å². The molecule has 0 bridgehead atoms. The van der Waals surface area contributed by atoms with Crippen LogP contribution in [-0.2, 0) is 6.54 Å². The number of aromatic nitrogens is 1. The largest absolute Gasteiger partial charge is 0.454 e. The monoisotopic (exact) mass is 381 g/mol. The molecule has 0 aliphatic carbocycles. The Labute approximate surface area is 138 Å². The van der Waals surface area contributed by atoms with Gasteiger partial charge in [0.2, 0.25) is 0 Å². The molecule has 2 nitrogen and oxygen atoms in total. The van der Waals surface area contributed by atoms with Gasteiger partial charge in [-0.15, -0.1) is 0 Å². The molecule has 6 heteroatoms. The van der Waals surface area contributed by atoms with Crippen molar-refractivity contribution in [1.82, 2.24) is 4.57 Å². The smallest absolute Gasteiger partial charge is 0.342 e. The van der Waals surface area contributed by atoms with Gasteiger partial charge in [-0.05, 0) is 23.8 Å². The Morgan fingerprint density at radius 1 is 1.04 bits per heavy atom. The molecule has 3 rings (SSSR count). The van der Waals surface area contributed by atoms with Crippen molar-refractivity contribution >= 4 is 32.6 Å². The molecular formula is C17H11BrF3NO. The van der Waals surface area contributed by atoms with Crippen LogP contribution in [-0.4, -0.2) is 16.5 Å². The molecule has 0 unspecified atom stereocenters. The van der Waals surface area contributed by atoms with E-state index in [-0.39, 0.29) is 5.56 Å². The van der Waals surface area contributed by atoms with Crippen molar-refractivity contribution in [2.45, 2.75) is 12.7 Å². The highest BCUT2D eigenvalue weighted by molar-refractivity contribution is 9.10. The summed E-state index contributed by atoms with van der Waals surface area (Å²) >= 11 is 3.34. The molecule has 0 spiro atoms. The second kappa shape index (κ2) is 5.85. The van der Waals surface area contributed by atoms with Gasteiger partial charge in [0.1, 0.15) is 0 Å². The van der Waals surface area contributed by atoms with Gasteiger partial charge in [-0.1, -0.05) is 46.3 Å². The highest BCUT2D eigenvalue weighted by Crippen LogP contribution is 2.29. The number of fused-ring (bicyclic) bond motifs is 1. The summed E-state index contributed by atoms with van der Waals surface area (Å²) in [6, 6.07) is 14.1. The summed E-state index contributed by atoms with van der Waals surface area (Å²) in [5.74, 6) is -1.82. The Morgan fingerprint density at radius 3 is 2.35 bits per heavy atom. The second-order valence-electron chi connectivity index (χ2n) is 5.14. The number of Topliss-reactive ketones (excluding diaryl/α,β-unsaturated/α-hetero) is 1. The minimum atomic E-state index is -4.88. The van der Waals surface area contributed by atoms with E-state index in [0.29, 0.717) is 17.4 Å². The van der Waals surface area contributed by atoms with E-state index in [2.05, 4.69) is 15.9 Å². The summed E-state index contributed by atoms with van der Waals surface area (Å²) in [7, 11) is 0. The van der Waals surface area contributed by atoms with Gasteiger partial charge in [0.15, 0.2) is 0 Å². The van der Waals surface area contributed by atoms with E-state index in [1.165, 1.54) is 12.3 Å². The first-order chi connectivity index (χ1) is 10.9. The Kier molecular flexibility index (Phi) is 4.02. The quantitative estimate of drug-likeness (QED) is 0.571. The van der Waals surface area contributed by atoms with Crippen molar-refractivity contribution in [2.24, 2.45) is 0 Å². The number of hydrogen-bond donors (Lipinski definition) is 0. The van der Waals surface area contributed by atoms with Gasteiger partial charge in [-0.3, -0.25) is 4.79 Å². The summed E-state index contributed by atoms with van der Waals surface area (Å²) < 4.78 is 40.9. The van der Waals surface area contributed by atoms with Gasteiger partial charge in [0, 0.05) is 28.1 Å². The number of carbonyl (C=O) groups excluding carboxylic acids is 1. The zero-order chi connectivity index (χ0) is 16.6. The lowest BCUT2D eigenvalue weighted by Crippen LogP contribution is -2.22. The molecule has 0 amide bonds. The summed E-state index contributed by atoms with van der Waals surface area (Å²) in [4.78, 5) is 11.6. The number of alkyl halides is 3. The van der Waals surface area contributed by atoms with Gasteiger partial charge in [0.25, 0.3) is 5.78 Å². The van der Waals surface area contributed by atoms with Crippen LogP contribution in [0.3, 0.4) is 0 Å². The molecule has 0 radical (unpaired) electrons. The molecule has 23 heavy (non-hydrogen) atoms. The second-order valence-corrected chi connectivity index (χ2v) is 6.06. The number of halogens is 4. The highest BCUT2D eigenvalue weighted by Gasteiger charge is 2.40. The molecule has 0 aliphatic rings. The molecule has 1 heterocycles. The number of hydrogen-bond acceptors (Lipinski definition) is 1. The van der Waals surface area contributed by atoms with Gasteiger partial charge in [-0.2, -0.15) is 13.2 Å². The van der Waals surface area contributed by atoms with E-state index < -0.39 is 12.0 Å². The first-order valence-electron chi connectivity index (χ1n) is 6.80. The van der Waals surface area contributed by atoms with Crippen molar-refractivity contribution in [3.8, 4) is 0 Å². The van der Waals surface area contributed by atoms with Crippen LogP contribution in [0.4, 0.5) is 13.2 Å². The van der Waals surface area contributed by atoms with Gasteiger partial charge in [-0.25, -0.2) is 0 Å². The maximum Gasteiger partial charge on any atom is 0.454 e. The normalized spacial score (nSPS) is 11.8. The van der Waals surface area contributed by atoms with E-state index >= 15 is 0 Å². The number of carbonyl (C=O) groups is 1. The van der Waals surface area contributed by atoms with Crippen molar-refractivity contribution in [3.63, 3.8) is 0 Å². The van der Waals surface area contributed by atoms with Crippen molar-refractivity contribution in [3.05, 3.63) is 70.3 Å². The van der Waals surface area contributed by atoms with E-state index in [1.807, 2.05) is 24.3 Å². The van der Waals surface area contributed by atoms with E-state index in [1.54, 1.807) is 22.8 Å². The molecule has 118 valence electrons. The average molecular weight is 382 g/mol. The van der Waals surface area contributed by atoms with Crippen LogP contribution in [0, 0.1) is 0 Å². The Morgan fingerprint density at radius 2 is 1.70 bits per heavy atom. The molecule has 3 aromatic rings. The van der Waals surface area contributed by atoms with Crippen LogP contribution < -0.4 is 0 Å². The molecule has 0 aliphatic heterocycles. The number of ketones is 1. The van der Waals surface area contributed by atoms with Crippen LogP contribution >= 0.6 is 15.9 Å². The summed E-state index contributed by atoms with van der Waals surface area (Å²) in [5.41, 5.74) is 1.22. The highest BCUT2D eigenvalue weighted by atomic mass is 79.9. The fraction of sp³-hybridized carbons (Fsp3) is 0.118. The minimum absolute atomic E-state index is 0.312. The fourth-order valence-electron chi connectivity index (χ4n) is 2.50. The number of rotatable bonds is 3. The van der Waals surface area contributed by atoms with Crippen molar-refractivity contribution in [2.75, 3.05) is 0 Å². The van der Waals surface area contributed by atoms with Gasteiger partial charge < -0.3 is 4.57 Å². The summed E-state index contributed by atoms with van der Waals surface area (Å²) in [6.45, 7) is 0.388. The van der Waals surface area contributed by atoms with E-state index in [0.717, 1.165) is 10.0 Å². The number of benzene rings is 2. The van der Waals surface area contributed by atoms with E-state index in [9.17, 15) is 18.0 Å². The third kappa shape index (κ3) is 3.17. The summed E-state index contributed by atoms with van der Waals surface area (Å²) in [5, 5.41) is 0.312. The van der Waals surface area contributed by atoms with Crippen LogP contribution in [0.15, 0.2) is 59.2 Å². The molecule has 0 atom stereocenters. The Bertz CT molecular complexity index is 866. The molecule has 2 aromatic carbocycles. The first kappa shape index (κ1) is 15.8. The predicted octanol–water partition coefficient (Wildman–Crippen LogP) is 5.20. The third-order valence-electron chi connectivity index (χ3n) is 3.56. The first-order valence-corrected chi connectivity index (χ1v) is 7.59. The van der Waals surface area contributed by atoms with Gasteiger partial charge in [0.05, 0.1) is 5.56 Å². The molecule has 1 aromatic heterocycles. The Balaban J connectivity index is 2.08. The lowest BCUT2D eigenvalue weighted by molar-refractivity contribution is -0.0884. The van der Waals surface area contributed by atoms with Crippen molar-refractivity contribution < 1.29 is 18.0 Å². The maximum absolute atomic E-state index is 12.8. The summed E-state index contributed by atoms with van der Waals surface area (Å²) in [6.07, 6.45) is -3.60. The molecular weight excluding hydrogens is 371 g/mol. The molecule has 0 saturated carbocycles. The predicted molar refractivity (Wildman–Crippen MR) is 85.6 cm³/mol. The maximum atomic E-state index is 12.8. The Hall–Kier alpha value is -2.08. The lowest BCUT2D eigenvalue weighted by Gasteiger charge is -2.05. The van der Waals surface area contributed by atoms with Gasteiger partial charge >= 0.3 is 6.18 Å². The van der Waals surface area contributed by atoms with Crippen LogP contribution in [0.2, 0.25) is 0 Å². The number of nitrogens with zero attached hydrogens (tertiary/aromatic N) is 1. The standard InChI is InChI=1S/C17H11BrF3NO/c18-12-7-5-11(6-8-12)9-22-10-14(16(23)17(19,20)21)13-3-1-2-4-15(13)22/h1-8,10H,9H2. The SMILES string of the molecule is O=C(c1cn(Cc2ccc(Br)cc2)c2ccccc12)C(F)(F)F. The van der Waals surface area contributed by atoms with Crippen LogP contribution in [0.1, 0.15) is 15.9 Å². The zero-order valence-electron chi connectivity index (χ0n) is 11.8. The lowest BCUT2D eigenvalue weighted by atomic mass is 10.1. The topological polar surface area (TPSA) is 22.0 Å². The van der Waals surface area contributed by atoms with Crippen LogP contribution in [0.25, 0.3) is 10.9 Å². The van der Waals surface area contributed by atoms with Crippen LogP contribution in [0.5, 0.6) is 0 Å². The molecule has 0 saturated heterocycles. The molecule has 0 fully saturated rings. The minimum Gasteiger partial charge on any atom is -0.342 e. The third-order valence-corrected chi connectivity index (χ3v) is 4.09. The van der Waals surface area contributed by atoms with Crippen molar-refractivity contribution in [1.29, 1.82) is 0 Å². The zero-order valence-corrected chi connectivity index (χ0v) is 13.4. The average Bonchev–Trinajstić information content (AvgIpc) is 2.87.